The molecule has 14 heavy (non-hydrogen) atoms. The van der Waals surface area contributed by atoms with Crippen LogP contribution in [0.4, 0.5) is 0 Å². The average Bonchev–Trinajstić information content (AvgIpc) is 2.26. The Hall–Kier alpha value is -1.35. The van der Waals surface area contributed by atoms with Gasteiger partial charge < -0.3 is 10.1 Å². The van der Waals surface area contributed by atoms with Crippen LogP contribution in [0, 0.1) is 0 Å². The molecule has 0 fully saturated rings. The summed E-state index contributed by atoms with van der Waals surface area (Å²) in [5.41, 5.74) is 1.16. The van der Waals surface area contributed by atoms with E-state index in [0.717, 1.165) is 5.56 Å². The Labute approximate surface area is 84.1 Å². The van der Waals surface area contributed by atoms with Crippen LogP contribution in [-0.4, -0.2) is 19.1 Å². The molecule has 0 radical (unpaired) electrons. The predicted molar refractivity (Wildman–Crippen MR) is 54.8 cm³/mol. The zero-order valence-electron chi connectivity index (χ0n) is 8.49. The van der Waals surface area contributed by atoms with Gasteiger partial charge in [-0.1, -0.05) is 30.3 Å². The molecule has 1 N–H and O–H groups in total. The quantitative estimate of drug-likeness (QED) is 0.733. The number of benzene rings is 1. The summed E-state index contributed by atoms with van der Waals surface area (Å²) in [6.45, 7) is 2.46. The van der Waals surface area contributed by atoms with Crippen molar-refractivity contribution >= 4 is 5.97 Å². The SMILES string of the molecule is COC(=O)C(C)NCc1ccccc1. The lowest BCUT2D eigenvalue weighted by Crippen LogP contribution is -2.34. The molecule has 0 spiro atoms. The van der Waals surface area contributed by atoms with Gasteiger partial charge in [0.25, 0.3) is 0 Å². The Morgan fingerprint density at radius 3 is 2.64 bits per heavy atom. The van der Waals surface area contributed by atoms with Gasteiger partial charge >= 0.3 is 5.97 Å². The molecule has 0 amide bonds. The first-order valence-corrected chi connectivity index (χ1v) is 4.59. The molecule has 0 aliphatic heterocycles. The fraction of sp³-hybridized carbons (Fsp3) is 0.364. The smallest absolute Gasteiger partial charge is 0.322 e. The maximum atomic E-state index is 11.0. The second kappa shape index (κ2) is 5.40. The second-order valence-corrected chi connectivity index (χ2v) is 3.11. The number of hydrogen-bond donors (Lipinski definition) is 1. The number of rotatable bonds is 4. The maximum absolute atomic E-state index is 11.0. The summed E-state index contributed by atoms with van der Waals surface area (Å²) >= 11 is 0. The van der Waals surface area contributed by atoms with E-state index in [9.17, 15) is 4.79 Å². The van der Waals surface area contributed by atoms with Gasteiger partial charge in [0, 0.05) is 6.54 Å². The molecule has 0 heterocycles. The van der Waals surface area contributed by atoms with Gasteiger partial charge in [0.15, 0.2) is 0 Å². The molecule has 76 valence electrons. The van der Waals surface area contributed by atoms with Crippen molar-refractivity contribution in [1.29, 1.82) is 0 Å². The number of hydrogen-bond acceptors (Lipinski definition) is 3. The number of nitrogens with one attached hydrogen (secondary N) is 1. The van der Waals surface area contributed by atoms with Crippen molar-refractivity contribution in [3.8, 4) is 0 Å². The van der Waals surface area contributed by atoms with E-state index in [1.54, 1.807) is 6.92 Å². The Kier molecular flexibility index (Phi) is 4.13. The minimum atomic E-state index is -0.264. The van der Waals surface area contributed by atoms with E-state index < -0.39 is 0 Å². The third kappa shape index (κ3) is 3.18. The molecule has 0 aromatic heterocycles. The molecular weight excluding hydrogens is 178 g/mol. The van der Waals surface area contributed by atoms with Crippen LogP contribution in [0.25, 0.3) is 0 Å². The maximum Gasteiger partial charge on any atom is 0.322 e. The molecular formula is C11H15NO2. The zero-order chi connectivity index (χ0) is 10.4. The first-order chi connectivity index (χ1) is 6.74. The molecule has 1 rings (SSSR count). The minimum Gasteiger partial charge on any atom is -0.468 e. The van der Waals surface area contributed by atoms with E-state index in [2.05, 4.69) is 10.1 Å². The van der Waals surface area contributed by atoms with Crippen LogP contribution in [0.15, 0.2) is 30.3 Å². The van der Waals surface area contributed by atoms with Gasteiger partial charge in [0.1, 0.15) is 6.04 Å². The molecule has 1 aromatic rings. The van der Waals surface area contributed by atoms with Crippen molar-refractivity contribution in [3.05, 3.63) is 35.9 Å². The largest absolute Gasteiger partial charge is 0.468 e. The van der Waals surface area contributed by atoms with Gasteiger partial charge in [-0.15, -0.1) is 0 Å². The highest BCUT2D eigenvalue weighted by atomic mass is 16.5. The van der Waals surface area contributed by atoms with E-state index in [-0.39, 0.29) is 12.0 Å². The van der Waals surface area contributed by atoms with E-state index in [0.29, 0.717) is 6.54 Å². The Balaban J connectivity index is 2.38. The van der Waals surface area contributed by atoms with E-state index >= 15 is 0 Å². The Bertz CT molecular complexity index is 285. The Morgan fingerprint density at radius 2 is 2.07 bits per heavy atom. The summed E-state index contributed by atoms with van der Waals surface area (Å²) < 4.78 is 4.60. The van der Waals surface area contributed by atoms with Crippen molar-refractivity contribution < 1.29 is 9.53 Å². The summed E-state index contributed by atoms with van der Waals surface area (Å²) in [6, 6.07) is 9.67. The molecule has 0 saturated carbocycles. The molecule has 0 aliphatic rings. The van der Waals surface area contributed by atoms with Crippen LogP contribution >= 0.6 is 0 Å². The standard InChI is InChI=1S/C11H15NO2/c1-9(11(13)14-2)12-8-10-6-4-3-5-7-10/h3-7,9,12H,8H2,1-2H3. The summed E-state index contributed by atoms with van der Waals surface area (Å²) in [4.78, 5) is 11.0. The number of methoxy groups -OCH3 is 1. The molecule has 0 bridgehead atoms. The van der Waals surface area contributed by atoms with E-state index in [1.165, 1.54) is 7.11 Å². The first kappa shape index (κ1) is 10.7. The first-order valence-electron chi connectivity index (χ1n) is 4.59. The van der Waals surface area contributed by atoms with Crippen LogP contribution in [-0.2, 0) is 16.1 Å². The van der Waals surface area contributed by atoms with Gasteiger partial charge in [0.05, 0.1) is 7.11 Å². The molecule has 1 atom stereocenters. The van der Waals surface area contributed by atoms with Gasteiger partial charge in [-0.25, -0.2) is 0 Å². The Morgan fingerprint density at radius 1 is 1.43 bits per heavy atom. The van der Waals surface area contributed by atoms with Gasteiger partial charge in [-0.2, -0.15) is 0 Å². The summed E-state index contributed by atoms with van der Waals surface area (Å²) in [7, 11) is 1.39. The number of carbonyl (C=O) groups excluding carboxylic acids is 1. The van der Waals surface area contributed by atoms with Crippen LogP contribution in [0.1, 0.15) is 12.5 Å². The molecule has 1 aromatic carbocycles. The summed E-state index contributed by atoms with van der Waals surface area (Å²) in [5, 5.41) is 3.08. The van der Waals surface area contributed by atoms with Crippen LogP contribution in [0.3, 0.4) is 0 Å². The topological polar surface area (TPSA) is 38.3 Å². The highest BCUT2D eigenvalue weighted by Crippen LogP contribution is 1.98. The highest BCUT2D eigenvalue weighted by Gasteiger charge is 2.11. The van der Waals surface area contributed by atoms with Gasteiger partial charge in [-0.05, 0) is 12.5 Å². The highest BCUT2D eigenvalue weighted by molar-refractivity contribution is 5.75. The minimum absolute atomic E-state index is 0.235. The van der Waals surface area contributed by atoms with Crippen molar-refractivity contribution in [1.82, 2.24) is 5.32 Å². The second-order valence-electron chi connectivity index (χ2n) is 3.11. The van der Waals surface area contributed by atoms with Crippen molar-refractivity contribution in [3.63, 3.8) is 0 Å². The normalized spacial score (nSPS) is 12.1. The number of carbonyl (C=O) groups is 1. The molecule has 3 heteroatoms. The molecule has 0 saturated heterocycles. The number of esters is 1. The fourth-order valence-corrected chi connectivity index (χ4v) is 1.13. The molecule has 1 unspecified atom stereocenters. The summed E-state index contributed by atoms with van der Waals surface area (Å²) in [6.07, 6.45) is 0. The van der Waals surface area contributed by atoms with Crippen molar-refractivity contribution in [2.75, 3.05) is 7.11 Å². The lowest BCUT2D eigenvalue weighted by Gasteiger charge is -2.10. The summed E-state index contributed by atoms with van der Waals surface area (Å²) in [5.74, 6) is -0.235. The van der Waals surface area contributed by atoms with Crippen LogP contribution < -0.4 is 5.32 Å². The third-order valence-electron chi connectivity index (χ3n) is 2.01. The molecule has 0 aliphatic carbocycles. The molecule has 3 nitrogen and oxygen atoms in total. The predicted octanol–water partition coefficient (Wildman–Crippen LogP) is 1.34. The van der Waals surface area contributed by atoms with Crippen molar-refractivity contribution in [2.45, 2.75) is 19.5 Å². The van der Waals surface area contributed by atoms with E-state index in [4.69, 9.17) is 0 Å². The zero-order valence-corrected chi connectivity index (χ0v) is 8.49. The monoisotopic (exact) mass is 193 g/mol. The fourth-order valence-electron chi connectivity index (χ4n) is 1.13. The van der Waals surface area contributed by atoms with Crippen LogP contribution in [0.5, 0.6) is 0 Å². The third-order valence-corrected chi connectivity index (χ3v) is 2.01. The van der Waals surface area contributed by atoms with Gasteiger partial charge in [-0.3, -0.25) is 4.79 Å². The number of ether oxygens (including phenoxy) is 1. The van der Waals surface area contributed by atoms with E-state index in [1.807, 2.05) is 30.3 Å². The average molecular weight is 193 g/mol. The van der Waals surface area contributed by atoms with Crippen LogP contribution in [0.2, 0.25) is 0 Å². The lowest BCUT2D eigenvalue weighted by molar-refractivity contribution is -0.142. The van der Waals surface area contributed by atoms with Gasteiger partial charge in [0.2, 0.25) is 0 Å². The van der Waals surface area contributed by atoms with Crippen molar-refractivity contribution in [2.24, 2.45) is 0 Å². The lowest BCUT2D eigenvalue weighted by atomic mass is 10.2.